The molecule has 20 heavy (non-hydrogen) atoms. The number of H-pyrrole nitrogens is 1. The summed E-state index contributed by atoms with van der Waals surface area (Å²) in [6, 6.07) is 9.86. The van der Waals surface area contributed by atoms with Gasteiger partial charge < -0.3 is 0 Å². The van der Waals surface area contributed by atoms with Gasteiger partial charge in [-0.1, -0.05) is 48.0 Å². The summed E-state index contributed by atoms with van der Waals surface area (Å²) in [7, 11) is -4.69. The zero-order valence-electron chi connectivity index (χ0n) is 10.0. The van der Waals surface area contributed by atoms with Crippen molar-refractivity contribution in [3.8, 4) is 23.7 Å². The summed E-state index contributed by atoms with van der Waals surface area (Å²) in [4.78, 5) is 4.32. The smallest absolute Gasteiger partial charge is 0.209 e. The average Bonchev–Trinajstić information content (AvgIpc) is 2.84. The van der Waals surface area contributed by atoms with Crippen molar-refractivity contribution in [1.82, 2.24) is 15.2 Å². The molecule has 0 atom stereocenters. The molecule has 0 saturated carbocycles. The van der Waals surface area contributed by atoms with Crippen LogP contribution in [0.3, 0.4) is 0 Å². The van der Waals surface area contributed by atoms with E-state index in [1.165, 1.54) is 11.8 Å². The summed E-state index contributed by atoms with van der Waals surface area (Å²) in [5, 5.41) is 7.63. The molecule has 1 heterocycles. The number of rotatable bonds is 3. The lowest BCUT2D eigenvalue weighted by Crippen LogP contribution is -2.58. The number of benzene rings is 1. The molecule has 2 rings (SSSR count). The highest BCUT2D eigenvalue weighted by Gasteiger charge is 2.04. The Bertz CT molecular complexity index is 559. The fourth-order valence-electron chi connectivity index (χ4n) is 1.14. The second-order valence-corrected chi connectivity index (χ2v) is 4.96. The molecule has 0 bridgehead atoms. The van der Waals surface area contributed by atoms with Crippen molar-refractivity contribution >= 4 is 11.8 Å². The van der Waals surface area contributed by atoms with E-state index in [9.17, 15) is 0 Å². The Kier molecular flexibility index (Phi) is 6.47. The molecule has 9 heteroatoms. The number of hydrogen-bond donors (Lipinski definition) is 2. The minimum Gasteiger partial charge on any atom is -0.258 e. The second kappa shape index (κ2) is 7.86. The summed E-state index contributed by atoms with van der Waals surface area (Å²) in [6.07, 6.45) is 5.16. The molecule has 1 aromatic carbocycles. The first-order chi connectivity index (χ1) is 9.40. The molecule has 0 unspecified atom stereocenters. The van der Waals surface area contributed by atoms with Crippen molar-refractivity contribution in [2.45, 2.75) is 5.16 Å². The van der Waals surface area contributed by atoms with Gasteiger partial charge in [0.2, 0.25) is 5.16 Å². The molecule has 7 nitrogen and oxygen atoms in total. The molecule has 0 spiro atoms. The Morgan fingerprint density at radius 1 is 1.30 bits per heavy atom. The van der Waals surface area contributed by atoms with Crippen LogP contribution in [0.5, 0.6) is 0 Å². The van der Waals surface area contributed by atoms with Gasteiger partial charge in [-0.05, 0) is 0 Å². The minimum absolute atomic E-state index is 0.589. The summed E-state index contributed by atoms with van der Waals surface area (Å²) in [5.41, 5.74) is 1.03. The maximum atomic E-state index is 8.60. The van der Waals surface area contributed by atoms with Gasteiger partial charge in [-0.25, -0.2) is 4.98 Å². The van der Waals surface area contributed by atoms with E-state index in [0.717, 1.165) is 11.4 Å². The molecule has 0 aliphatic heterocycles. The molecular weight excluding hydrogens is 306 g/mol. The van der Waals surface area contributed by atoms with Crippen molar-refractivity contribution < 1.29 is 28.9 Å². The highest BCUT2D eigenvalue weighted by Crippen LogP contribution is 2.18. The maximum absolute atomic E-state index is 8.60. The Morgan fingerprint density at radius 2 is 1.90 bits per heavy atom. The second-order valence-electron chi connectivity index (χ2n) is 3.22. The first-order valence-electron chi connectivity index (χ1n) is 5.07. The van der Waals surface area contributed by atoms with E-state index in [1.54, 1.807) is 0 Å². The van der Waals surface area contributed by atoms with E-state index >= 15 is 0 Å². The third-order valence-corrected chi connectivity index (χ3v) is 2.55. The normalized spacial score (nSPS) is 10.3. The van der Waals surface area contributed by atoms with Gasteiger partial charge in [0, 0.05) is 5.56 Å². The Labute approximate surface area is 121 Å². The van der Waals surface area contributed by atoms with Gasteiger partial charge in [0.05, 0.1) is 20.7 Å². The Morgan fingerprint density at radius 3 is 2.45 bits per heavy atom. The molecule has 2 N–H and O–H groups in total. The van der Waals surface area contributed by atoms with Gasteiger partial charge in [-0.3, -0.25) is 5.10 Å². The summed E-state index contributed by atoms with van der Waals surface area (Å²) in [5.74, 6) is 3.90. The summed E-state index contributed by atoms with van der Waals surface area (Å²) < 4.78 is 32.7. The Balaban J connectivity index is 0.000000347. The van der Waals surface area contributed by atoms with Crippen molar-refractivity contribution in [2.75, 3.05) is 5.75 Å². The van der Waals surface area contributed by atoms with Crippen LogP contribution >= 0.6 is 11.8 Å². The molecule has 0 fully saturated rings. The van der Waals surface area contributed by atoms with Crippen LogP contribution in [0.1, 0.15) is 0 Å². The minimum atomic E-state index is -4.69. The average molecular weight is 316 g/mol. The molecule has 2 aromatic rings. The standard InChI is InChI=1S/C11H9N3S.ClHO4/c1-2-8-15-11-12-10(13-14-11)9-6-4-3-5-7-9;2-1(3,4)5/h1,3-7H,8H2,(H,12,13,14);(H,2,3,4,5). The van der Waals surface area contributed by atoms with Gasteiger partial charge >= 0.3 is 0 Å². The topological polar surface area (TPSA) is 131 Å². The van der Waals surface area contributed by atoms with E-state index in [4.69, 9.17) is 25.1 Å². The SMILES string of the molecule is C#CCSc1n[nH]c(-c2ccccc2)n1.[O-][Cl+3]([O-])([O-])O. The van der Waals surface area contributed by atoms with Crippen LogP contribution < -0.4 is 14.0 Å². The summed E-state index contributed by atoms with van der Waals surface area (Å²) >= 11 is 1.45. The largest absolute Gasteiger partial charge is 0.258 e. The highest BCUT2D eigenvalue weighted by atomic mass is 35.7. The highest BCUT2D eigenvalue weighted by molar-refractivity contribution is 7.99. The van der Waals surface area contributed by atoms with Crippen LogP contribution in [0.2, 0.25) is 0 Å². The number of thioether (sulfide) groups is 1. The van der Waals surface area contributed by atoms with E-state index in [1.807, 2.05) is 30.3 Å². The fraction of sp³-hybridized carbons (Fsp3) is 0.0909. The van der Waals surface area contributed by atoms with Gasteiger partial charge in [0.25, 0.3) is 0 Å². The molecule has 0 aliphatic carbocycles. The maximum Gasteiger partial charge on any atom is 0.209 e. The molecule has 0 aliphatic rings. The lowest BCUT2D eigenvalue weighted by molar-refractivity contribution is -1.92. The van der Waals surface area contributed by atoms with Crippen LogP contribution in [-0.2, 0) is 0 Å². The van der Waals surface area contributed by atoms with Gasteiger partial charge in [-0.15, -0.1) is 11.5 Å². The molecule has 0 amide bonds. The van der Waals surface area contributed by atoms with Crippen molar-refractivity contribution in [3.05, 3.63) is 30.3 Å². The van der Waals surface area contributed by atoms with Gasteiger partial charge in [0.15, 0.2) is 5.82 Å². The molecule has 0 saturated heterocycles. The quantitative estimate of drug-likeness (QED) is 0.498. The number of halogens is 1. The first kappa shape index (κ1) is 16.5. The molecule has 0 radical (unpaired) electrons. The first-order valence-corrected chi connectivity index (χ1v) is 7.32. The molecular formula is C11H10ClN3O4S. The summed E-state index contributed by atoms with van der Waals surface area (Å²) in [6.45, 7) is 0. The predicted molar refractivity (Wildman–Crippen MR) is 63.6 cm³/mol. The van der Waals surface area contributed by atoms with Gasteiger partial charge in [0.1, 0.15) is 0 Å². The molecule has 106 valence electrons. The van der Waals surface area contributed by atoms with Crippen LogP contribution in [-0.4, -0.2) is 25.6 Å². The number of aromatic nitrogens is 3. The number of nitrogens with one attached hydrogen (secondary N) is 1. The van der Waals surface area contributed by atoms with Crippen LogP contribution in [0, 0.1) is 22.6 Å². The van der Waals surface area contributed by atoms with Crippen molar-refractivity contribution in [2.24, 2.45) is 0 Å². The lowest BCUT2D eigenvalue weighted by Gasteiger charge is -2.03. The van der Waals surface area contributed by atoms with Crippen molar-refractivity contribution in [1.29, 1.82) is 0 Å². The zero-order chi connectivity index (χ0) is 15.0. The number of terminal acetylenes is 1. The van der Waals surface area contributed by atoms with E-state index in [2.05, 4.69) is 21.1 Å². The third kappa shape index (κ3) is 7.10. The van der Waals surface area contributed by atoms with Crippen molar-refractivity contribution in [3.63, 3.8) is 0 Å². The van der Waals surface area contributed by atoms with E-state index < -0.39 is 10.2 Å². The van der Waals surface area contributed by atoms with Crippen LogP contribution in [0.4, 0.5) is 0 Å². The lowest BCUT2D eigenvalue weighted by atomic mass is 10.2. The third-order valence-electron chi connectivity index (χ3n) is 1.80. The number of aromatic amines is 1. The van der Waals surface area contributed by atoms with Crippen LogP contribution in [0.15, 0.2) is 35.5 Å². The molecule has 1 aromatic heterocycles. The Hall–Kier alpha value is -1.60. The predicted octanol–water partition coefficient (Wildman–Crippen LogP) is -1.93. The fourth-order valence-corrected chi connectivity index (χ4v) is 1.62. The van der Waals surface area contributed by atoms with Crippen LogP contribution in [0.25, 0.3) is 11.4 Å². The number of nitrogens with zero attached hydrogens (tertiary/aromatic N) is 2. The van der Waals surface area contributed by atoms with Gasteiger partial charge in [-0.2, -0.15) is 14.0 Å². The van der Waals surface area contributed by atoms with E-state index in [-0.39, 0.29) is 0 Å². The van der Waals surface area contributed by atoms with E-state index in [0.29, 0.717) is 10.9 Å². The zero-order valence-corrected chi connectivity index (χ0v) is 11.6. The number of hydrogen-bond acceptors (Lipinski definition) is 7. The monoisotopic (exact) mass is 315 g/mol.